The van der Waals surface area contributed by atoms with Crippen LogP contribution >= 0.6 is 11.6 Å². The molecule has 3 aromatic carbocycles. The molecule has 4 aromatic rings. The monoisotopic (exact) mass is 518 g/mol. The van der Waals surface area contributed by atoms with E-state index in [1.54, 1.807) is 42.5 Å². The van der Waals surface area contributed by atoms with Crippen molar-refractivity contribution in [1.29, 1.82) is 0 Å². The number of hydrogen-bond donors (Lipinski definition) is 1. The number of para-hydroxylation sites is 1. The molecule has 11 heteroatoms. The molecule has 0 radical (unpaired) electrons. The van der Waals surface area contributed by atoms with Gasteiger partial charge in [-0.25, -0.2) is 9.18 Å². The van der Waals surface area contributed by atoms with Crippen LogP contribution in [0.25, 0.3) is 5.69 Å². The maximum atomic E-state index is 14.6. The Morgan fingerprint density at radius 2 is 1.61 bits per heavy atom. The Morgan fingerprint density at radius 1 is 0.944 bits per heavy atom. The van der Waals surface area contributed by atoms with E-state index in [9.17, 15) is 27.2 Å². The van der Waals surface area contributed by atoms with Gasteiger partial charge in [0, 0.05) is 18.0 Å². The number of alkyl halides is 3. The molecule has 0 saturated carbocycles. The van der Waals surface area contributed by atoms with Gasteiger partial charge in [-0.1, -0.05) is 60.1 Å². The Labute approximate surface area is 207 Å². The molecule has 0 aliphatic carbocycles. The Bertz CT molecular complexity index is 1520. The van der Waals surface area contributed by atoms with Crippen LogP contribution in [0.2, 0.25) is 5.02 Å². The van der Waals surface area contributed by atoms with Crippen molar-refractivity contribution in [1.82, 2.24) is 14.3 Å². The smallest absolute Gasteiger partial charge is 0.322 e. The minimum Gasteiger partial charge on any atom is -0.322 e. The van der Waals surface area contributed by atoms with Gasteiger partial charge >= 0.3 is 11.9 Å². The summed E-state index contributed by atoms with van der Waals surface area (Å²) in [4.78, 5) is 26.6. The molecule has 186 valence electrons. The molecule has 1 atom stereocenters. The SMILES string of the molecule is NC(Cn1c(=O)c(Cc2c(F)cccc2C(F)(F)F)nn(-c2ccccc2Cl)c1=O)c1ccccc1. The van der Waals surface area contributed by atoms with Gasteiger partial charge in [0.15, 0.2) is 0 Å². The summed E-state index contributed by atoms with van der Waals surface area (Å²) in [6.45, 7) is -0.301. The van der Waals surface area contributed by atoms with Crippen LogP contribution in [0.3, 0.4) is 0 Å². The third kappa shape index (κ3) is 5.09. The molecule has 0 aliphatic heterocycles. The lowest BCUT2D eigenvalue weighted by Gasteiger charge is -2.17. The zero-order valence-electron chi connectivity index (χ0n) is 18.5. The molecule has 0 saturated heterocycles. The molecule has 6 nitrogen and oxygen atoms in total. The summed E-state index contributed by atoms with van der Waals surface area (Å²) < 4.78 is 56.9. The maximum Gasteiger partial charge on any atom is 0.416 e. The van der Waals surface area contributed by atoms with E-state index in [0.29, 0.717) is 11.6 Å². The van der Waals surface area contributed by atoms with Crippen molar-refractivity contribution in [2.75, 3.05) is 0 Å². The minimum atomic E-state index is -4.87. The van der Waals surface area contributed by atoms with Gasteiger partial charge in [-0.3, -0.25) is 9.36 Å². The predicted octanol–water partition coefficient (Wildman–Crippen LogP) is 4.50. The number of rotatable bonds is 6. The zero-order valence-corrected chi connectivity index (χ0v) is 19.3. The van der Waals surface area contributed by atoms with Crippen molar-refractivity contribution in [3.8, 4) is 5.69 Å². The lowest BCUT2D eigenvalue weighted by atomic mass is 10.0. The lowest BCUT2D eigenvalue weighted by Crippen LogP contribution is -2.45. The second kappa shape index (κ2) is 10.1. The Hall–Kier alpha value is -3.76. The maximum absolute atomic E-state index is 14.6. The van der Waals surface area contributed by atoms with Crippen molar-refractivity contribution in [2.24, 2.45) is 5.73 Å². The first-order chi connectivity index (χ1) is 17.1. The largest absolute Gasteiger partial charge is 0.416 e. The van der Waals surface area contributed by atoms with Crippen LogP contribution in [0.4, 0.5) is 17.6 Å². The molecule has 1 unspecified atom stereocenters. The molecule has 0 spiro atoms. The highest BCUT2D eigenvalue weighted by atomic mass is 35.5. The van der Waals surface area contributed by atoms with E-state index in [2.05, 4.69) is 5.10 Å². The zero-order chi connectivity index (χ0) is 26.0. The molecule has 0 aliphatic rings. The van der Waals surface area contributed by atoms with E-state index in [4.69, 9.17) is 17.3 Å². The van der Waals surface area contributed by atoms with Gasteiger partial charge in [-0.2, -0.15) is 23.0 Å². The molecule has 0 fully saturated rings. The minimum absolute atomic E-state index is 0.0945. The van der Waals surface area contributed by atoms with Crippen LogP contribution in [0.1, 0.15) is 28.4 Å². The average molecular weight is 519 g/mol. The summed E-state index contributed by atoms with van der Waals surface area (Å²) in [6, 6.07) is 16.5. The summed E-state index contributed by atoms with van der Waals surface area (Å²) in [6.07, 6.45) is -5.69. The molecule has 0 amide bonds. The fourth-order valence-electron chi connectivity index (χ4n) is 3.79. The van der Waals surface area contributed by atoms with Gasteiger partial charge in [0.2, 0.25) is 0 Å². The van der Waals surface area contributed by atoms with Gasteiger partial charge in [0.1, 0.15) is 11.5 Å². The Kier molecular flexibility index (Phi) is 7.09. The number of aromatic nitrogens is 3. The third-order valence-corrected chi connectivity index (χ3v) is 5.90. The van der Waals surface area contributed by atoms with Crippen molar-refractivity contribution in [3.05, 3.63) is 127 Å². The molecule has 1 heterocycles. The standard InChI is InChI=1S/C25H19ClF4N4O2/c26-18-10-4-5-12-22(18)34-24(36)33(14-20(31)15-7-2-1-3-8-15)23(35)21(32-34)13-16-17(25(28,29)30)9-6-11-19(16)27/h1-12,20H,13-14,31H2. The predicted molar refractivity (Wildman–Crippen MR) is 127 cm³/mol. The molecule has 4 rings (SSSR count). The van der Waals surface area contributed by atoms with Crippen LogP contribution < -0.4 is 17.0 Å². The van der Waals surface area contributed by atoms with E-state index < -0.39 is 52.5 Å². The highest BCUT2D eigenvalue weighted by Gasteiger charge is 2.35. The summed E-state index contributed by atoms with van der Waals surface area (Å²) >= 11 is 6.23. The molecule has 1 aromatic heterocycles. The first-order valence-corrected chi connectivity index (χ1v) is 11.1. The molecule has 2 N–H and O–H groups in total. The molecular formula is C25H19ClF4N4O2. The second-order valence-corrected chi connectivity index (χ2v) is 8.37. The lowest BCUT2D eigenvalue weighted by molar-refractivity contribution is -0.138. The van der Waals surface area contributed by atoms with Crippen LogP contribution in [0.15, 0.2) is 82.4 Å². The Balaban J connectivity index is 1.91. The molecular weight excluding hydrogens is 500 g/mol. The van der Waals surface area contributed by atoms with Crippen molar-refractivity contribution in [2.45, 2.75) is 25.2 Å². The summed E-state index contributed by atoms with van der Waals surface area (Å²) in [5, 5.41) is 4.12. The van der Waals surface area contributed by atoms with Gasteiger partial charge in [-0.05, 0) is 29.8 Å². The van der Waals surface area contributed by atoms with Gasteiger partial charge < -0.3 is 5.73 Å². The molecule has 0 bridgehead atoms. The quantitative estimate of drug-likeness (QED) is 0.381. The third-order valence-electron chi connectivity index (χ3n) is 5.58. The summed E-state index contributed by atoms with van der Waals surface area (Å²) in [7, 11) is 0. The van der Waals surface area contributed by atoms with Crippen LogP contribution in [0.5, 0.6) is 0 Å². The fraction of sp³-hybridized carbons (Fsp3) is 0.160. The van der Waals surface area contributed by atoms with Crippen molar-refractivity contribution in [3.63, 3.8) is 0 Å². The highest BCUT2D eigenvalue weighted by molar-refractivity contribution is 6.32. The van der Waals surface area contributed by atoms with Crippen molar-refractivity contribution < 1.29 is 17.6 Å². The summed E-state index contributed by atoms with van der Waals surface area (Å²) in [5.74, 6) is -1.16. The van der Waals surface area contributed by atoms with Crippen LogP contribution in [0, 0.1) is 5.82 Å². The topological polar surface area (TPSA) is 82.9 Å². The summed E-state index contributed by atoms with van der Waals surface area (Å²) in [5.41, 5.74) is 2.58. The van der Waals surface area contributed by atoms with E-state index >= 15 is 0 Å². The normalized spacial score (nSPS) is 12.5. The van der Waals surface area contributed by atoms with E-state index in [1.807, 2.05) is 0 Å². The van der Waals surface area contributed by atoms with E-state index in [1.165, 1.54) is 12.1 Å². The van der Waals surface area contributed by atoms with Gasteiger partial charge in [0.25, 0.3) is 5.56 Å². The first-order valence-electron chi connectivity index (χ1n) is 10.7. The number of halogens is 5. The van der Waals surface area contributed by atoms with Crippen LogP contribution in [-0.2, 0) is 19.1 Å². The van der Waals surface area contributed by atoms with Crippen molar-refractivity contribution >= 4 is 11.6 Å². The number of hydrogen-bond acceptors (Lipinski definition) is 4. The highest BCUT2D eigenvalue weighted by Crippen LogP contribution is 2.33. The Morgan fingerprint density at radius 3 is 2.28 bits per heavy atom. The fourth-order valence-corrected chi connectivity index (χ4v) is 4.01. The van der Waals surface area contributed by atoms with Crippen LogP contribution in [-0.4, -0.2) is 14.3 Å². The molecule has 36 heavy (non-hydrogen) atoms. The average Bonchev–Trinajstić information content (AvgIpc) is 2.85. The number of nitrogens with zero attached hydrogens (tertiary/aromatic N) is 3. The second-order valence-electron chi connectivity index (χ2n) is 7.97. The number of nitrogens with two attached hydrogens (primary N) is 1. The number of benzene rings is 3. The van der Waals surface area contributed by atoms with Gasteiger partial charge in [0.05, 0.1) is 22.8 Å². The van der Waals surface area contributed by atoms with E-state index in [-0.39, 0.29) is 17.3 Å². The first kappa shape index (κ1) is 25.3. The van der Waals surface area contributed by atoms with E-state index in [0.717, 1.165) is 21.4 Å². The van der Waals surface area contributed by atoms with Gasteiger partial charge in [-0.15, -0.1) is 0 Å².